The highest BCUT2D eigenvalue weighted by Gasteiger charge is 2.34. The van der Waals surface area contributed by atoms with E-state index in [-0.39, 0.29) is 10.7 Å². The van der Waals surface area contributed by atoms with Crippen molar-refractivity contribution in [3.8, 4) is 11.3 Å². The third-order valence-corrected chi connectivity index (χ3v) is 4.64. The summed E-state index contributed by atoms with van der Waals surface area (Å²) in [5.74, 6) is 0. The van der Waals surface area contributed by atoms with Gasteiger partial charge in [-0.25, -0.2) is 4.79 Å². The molecule has 0 saturated heterocycles. The molecule has 0 saturated carbocycles. The van der Waals surface area contributed by atoms with Gasteiger partial charge in [0.15, 0.2) is 0 Å². The third kappa shape index (κ3) is 4.48. The highest BCUT2D eigenvalue weighted by molar-refractivity contribution is 9.10. The predicted molar refractivity (Wildman–Crippen MR) is 105 cm³/mol. The number of benzene rings is 2. The number of halogens is 5. The number of alkyl halides is 3. The second kappa shape index (κ2) is 7.84. The maximum atomic E-state index is 13.1. The van der Waals surface area contributed by atoms with Crippen molar-refractivity contribution in [3.63, 3.8) is 0 Å². The number of urea groups is 1. The van der Waals surface area contributed by atoms with Crippen LogP contribution in [-0.4, -0.2) is 15.8 Å². The first-order chi connectivity index (χ1) is 13.1. The molecule has 10 heteroatoms. The Morgan fingerprint density at radius 2 is 1.93 bits per heavy atom. The van der Waals surface area contributed by atoms with E-state index in [0.29, 0.717) is 5.69 Å². The van der Waals surface area contributed by atoms with Gasteiger partial charge in [0.1, 0.15) is 0 Å². The molecule has 3 rings (SSSR count). The Morgan fingerprint density at radius 1 is 1.18 bits per heavy atom. The molecule has 0 aliphatic carbocycles. The van der Waals surface area contributed by atoms with Crippen LogP contribution >= 0.6 is 27.5 Å². The number of hydrogen-bond donors (Lipinski definition) is 2. The molecule has 0 bridgehead atoms. The van der Waals surface area contributed by atoms with E-state index in [4.69, 9.17) is 11.6 Å². The van der Waals surface area contributed by atoms with E-state index < -0.39 is 17.8 Å². The largest absolute Gasteiger partial charge is 0.418 e. The van der Waals surface area contributed by atoms with Gasteiger partial charge in [0.25, 0.3) is 0 Å². The number of rotatable bonds is 3. The van der Waals surface area contributed by atoms with Crippen molar-refractivity contribution < 1.29 is 18.0 Å². The number of nitrogens with one attached hydrogen (secondary N) is 2. The number of aromatic nitrogens is 2. The summed E-state index contributed by atoms with van der Waals surface area (Å²) >= 11 is 9.05. The second-order valence-electron chi connectivity index (χ2n) is 5.81. The van der Waals surface area contributed by atoms with Crippen LogP contribution in [0.3, 0.4) is 0 Å². The van der Waals surface area contributed by atoms with Crippen LogP contribution in [-0.2, 0) is 13.2 Å². The van der Waals surface area contributed by atoms with Gasteiger partial charge in [0.05, 0.1) is 27.6 Å². The average Bonchev–Trinajstić information content (AvgIpc) is 2.94. The maximum absolute atomic E-state index is 13.1. The average molecular weight is 474 g/mol. The highest BCUT2D eigenvalue weighted by atomic mass is 79.9. The van der Waals surface area contributed by atoms with E-state index in [2.05, 4.69) is 31.7 Å². The van der Waals surface area contributed by atoms with E-state index >= 15 is 0 Å². The SMILES string of the molecule is Cn1ncc(Br)c1-c1cccc(NC(=O)Nc2ccc(Cl)cc2C(F)(F)F)c1. The van der Waals surface area contributed by atoms with Gasteiger partial charge in [0, 0.05) is 23.3 Å². The first-order valence-corrected chi connectivity index (χ1v) is 9.05. The molecule has 0 aliphatic rings. The molecular formula is C18H13BrClF3N4O. The molecule has 28 heavy (non-hydrogen) atoms. The van der Waals surface area contributed by atoms with Gasteiger partial charge >= 0.3 is 12.2 Å². The van der Waals surface area contributed by atoms with Crippen LogP contribution in [0.1, 0.15) is 5.56 Å². The summed E-state index contributed by atoms with van der Waals surface area (Å²) < 4.78 is 41.9. The van der Waals surface area contributed by atoms with Crippen molar-refractivity contribution in [2.45, 2.75) is 6.18 Å². The molecule has 0 aliphatic heterocycles. The summed E-state index contributed by atoms with van der Waals surface area (Å²) in [6, 6.07) is 9.18. The van der Waals surface area contributed by atoms with E-state index in [0.717, 1.165) is 27.9 Å². The van der Waals surface area contributed by atoms with Gasteiger partial charge in [-0.15, -0.1) is 0 Å². The van der Waals surface area contributed by atoms with Crippen molar-refractivity contribution >= 4 is 44.9 Å². The van der Waals surface area contributed by atoms with E-state index in [1.54, 1.807) is 36.1 Å². The summed E-state index contributed by atoms with van der Waals surface area (Å²) in [6.45, 7) is 0. The zero-order chi connectivity index (χ0) is 20.5. The quantitative estimate of drug-likeness (QED) is 0.478. The Kier molecular flexibility index (Phi) is 5.66. The number of aryl methyl sites for hydroxylation is 1. The van der Waals surface area contributed by atoms with Crippen molar-refractivity contribution in [2.75, 3.05) is 10.6 Å². The van der Waals surface area contributed by atoms with Gasteiger partial charge < -0.3 is 10.6 Å². The normalized spacial score (nSPS) is 11.4. The van der Waals surface area contributed by atoms with E-state index in [9.17, 15) is 18.0 Å². The van der Waals surface area contributed by atoms with E-state index in [1.807, 2.05) is 6.07 Å². The Hall–Kier alpha value is -2.52. The number of hydrogen-bond acceptors (Lipinski definition) is 2. The maximum Gasteiger partial charge on any atom is 0.418 e. The molecule has 5 nitrogen and oxygen atoms in total. The van der Waals surface area contributed by atoms with Crippen LogP contribution in [0.25, 0.3) is 11.3 Å². The molecule has 0 spiro atoms. The highest BCUT2D eigenvalue weighted by Crippen LogP contribution is 2.36. The summed E-state index contributed by atoms with van der Waals surface area (Å²) in [7, 11) is 1.77. The predicted octanol–water partition coefficient (Wildman–Crippen LogP) is 6.17. The third-order valence-electron chi connectivity index (χ3n) is 3.82. The number of carbonyl (C=O) groups excluding carboxylic acids is 1. The number of amides is 2. The van der Waals surface area contributed by atoms with E-state index in [1.165, 1.54) is 6.07 Å². The molecule has 3 aromatic rings. The standard InChI is InChI=1S/C18H13BrClF3N4O/c1-27-16(14(19)9-24-27)10-3-2-4-12(7-10)25-17(28)26-15-6-5-11(20)8-13(15)18(21,22)23/h2-9H,1H3,(H2,25,26,28). The number of nitrogens with zero attached hydrogens (tertiary/aromatic N) is 2. The minimum Gasteiger partial charge on any atom is -0.308 e. The molecule has 0 fully saturated rings. The fourth-order valence-electron chi connectivity index (χ4n) is 2.62. The fourth-order valence-corrected chi connectivity index (χ4v) is 3.37. The first kappa shape index (κ1) is 20.2. The van der Waals surface area contributed by atoms with Crippen molar-refractivity contribution in [2.24, 2.45) is 7.05 Å². The van der Waals surface area contributed by atoms with Gasteiger partial charge in [-0.1, -0.05) is 23.7 Å². The summed E-state index contributed by atoms with van der Waals surface area (Å²) in [4.78, 5) is 12.2. The van der Waals surface area contributed by atoms with Gasteiger partial charge in [-0.3, -0.25) is 4.68 Å². The van der Waals surface area contributed by atoms with Crippen LogP contribution in [0.5, 0.6) is 0 Å². The molecule has 1 aromatic heterocycles. The molecule has 0 radical (unpaired) electrons. The van der Waals surface area contributed by atoms with Gasteiger partial charge in [-0.2, -0.15) is 18.3 Å². The second-order valence-corrected chi connectivity index (χ2v) is 7.10. The zero-order valence-corrected chi connectivity index (χ0v) is 16.7. The van der Waals surface area contributed by atoms with Crippen LogP contribution in [0.4, 0.5) is 29.3 Å². The number of carbonyl (C=O) groups is 1. The summed E-state index contributed by atoms with van der Waals surface area (Å²) in [5, 5.41) is 8.80. The van der Waals surface area contributed by atoms with Crippen LogP contribution in [0, 0.1) is 0 Å². The molecule has 1 heterocycles. The molecule has 0 unspecified atom stereocenters. The van der Waals surface area contributed by atoms with Crippen molar-refractivity contribution in [1.29, 1.82) is 0 Å². The van der Waals surface area contributed by atoms with Gasteiger partial charge in [0.2, 0.25) is 0 Å². The lowest BCUT2D eigenvalue weighted by Gasteiger charge is -2.15. The van der Waals surface area contributed by atoms with Crippen LogP contribution in [0.2, 0.25) is 5.02 Å². The van der Waals surface area contributed by atoms with Crippen molar-refractivity contribution in [3.05, 3.63) is 63.7 Å². The van der Waals surface area contributed by atoms with Crippen LogP contribution < -0.4 is 10.6 Å². The minimum atomic E-state index is -4.65. The van der Waals surface area contributed by atoms with Crippen LogP contribution in [0.15, 0.2) is 53.1 Å². The zero-order valence-electron chi connectivity index (χ0n) is 14.3. The lowest BCUT2D eigenvalue weighted by Crippen LogP contribution is -2.21. The number of anilines is 2. The molecule has 146 valence electrons. The molecule has 2 aromatic carbocycles. The Labute approximate surface area is 171 Å². The van der Waals surface area contributed by atoms with Crippen molar-refractivity contribution in [1.82, 2.24) is 9.78 Å². The smallest absolute Gasteiger partial charge is 0.308 e. The lowest BCUT2D eigenvalue weighted by molar-refractivity contribution is -0.136. The monoisotopic (exact) mass is 472 g/mol. The topological polar surface area (TPSA) is 59.0 Å². The Bertz CT molecular complexity index is 1020. The first-order valence-electron chi connectivity index (χ1n) is 7.88. The molecule has 2 N–H and O–H groups in total. The van der Waals surface area contributed by atoms with Gasteiger partial charge in [-0.05, 0) is 46.3 Å². The molecule has 0 atom stereocenters. The molecular weight excluding hydrogens is 461 g/mol. The Morgan fingerprint density at radius 3 is 2.57 bits per heavy atom. The molecule has 2 amide bonds. The summed E-state index contributed by atoms with van der Waals surface area (Å²) in [5.41, 5.74) is 0.557. The lowest BCUT2D eigenvalue weighted by atomic mass is 10.1. The Balaban J connectivity index is 1.81. The summed E-state index contributed by atoms with van der Waals surface area (Å²) in [6.07, 6.45) is -3.01. The fraction of sp³-hybridized carbons (Fsp3) is 0.111. The minimum absolute atomic E-state index is 0.0762.